The smallest absolute Gasteiger partial charge is 0.175 e. The molecule has 1 aromatic carbocycles. The van der Waals surface area contributed by atoms with Gasteiger partial charge in [-0.15, -0.1) is 5.11 Å². The van der Waals surface area contributed by atoms with Gasteiger partial charge in [0.05, 0.1) is 17.4 Å². The number of aromatic nitrogens is 4. The Morgan fingerprint density at radius 2 is 2.00 bits per heavy atom. The molecule has 0 unspecified atom stereocenters. The van der Waals surface area contributed by atoms with E-state index in [0.29, 0.717) is 17.2 Å². The zero-order chi connectivity index (χ0) is 12.5. The van der Waals surface area contributed by atoms with E-state index in [1.165, 1.54) is 0 Å². The molecule has 0 aliphatic rings. The van der Waals surface area contributed by atoms with E-state index in [1.54, 1.807) is 6.20 Å². The van der Waals surface area contributed by atoms with Crippen LogP contribution in [0.2, 0.25) is 0 Å². The van der Waals surface area contributed by atoms with Crippen molar-refractivity contribution in [2.45, 2.75) is 0 Å². The number of aromatic amines is 2. The number of H-pyrrole nitrogens is 2. The van der Waals surface area contributed by atoms with Gasteiger partial charge in [0.15, 0.2) is 11.5 Å². The van der Waals surface area contributed by atoms with E-state index < -0.39 is 0 Å². The number of nitrogen functional groups attached to an aromatic ring is 2. The highest BCUT2D eigenvalue weighted by molar-refractivity contribution is 5.81. The third-order valence-corrected chi connectivity index (χ3v) is 2.48. The van der Waals surface area contributed by atoms with Crippen LogP contribution in [0.25, 0.3) is 10.9 Å². The zero-order valence-corrected chi connectivity index (χ0v) is 9.25. The standard InChI is InChI=1S/C10H10N8/c11-9-8(10(12)18-17-9)16-14-6-1-2-7-5(3-6)4-13-15-7/h1-4H,(H,13,15)(H5,11,12,17,18). The van der Waals surface area contributed by atoms with Gasteiger partial charge >= 0.3 is 0 Å². The van der Waals surface area contributed by atoms with Gasteiger partial charge in [-0.3, -0.25) is 10.2 Å². The van der Waals surface area contributed by atoms with Crippen LogP contribution >= 0.6 is 0 Å². The molecule has 3 aromatic rings. The lowest BCUT2D eigenvalue weighted by Gasteiger charge is -1.93. The number of nitrogens with one attached hydrogen (secondary N) is 2. The normalized spacial score (nSPS) is 11.6. The lowest BCUT2D eigenvalue weighted by molar-refractivity contribution is 1.11. The molecule has 0 spiro atoms. The molecule has 0 bridgehead atoms. The molecule has 2 aromatic heterocycles. The van der Waals surface area contributed by atoms with Gasteiger partial charge < -0.3 is 11.5 Å². The predicted molar refractivity (Wildman–Crippen MR) is 67.7 cm³/mol. The third-order valence-electron chi connectivity index (χ3n) is 2.48. The number of fused-ring (bicyclic) bond motifs is 1. The SMILES string of the molecule is Nc1n[nH]c(N)c1N=Nc1ccc2[nH]ncc2c1. The number of rotatable bonds is 2. The Labute approximate surface area is 101 Å². The van der Waals surface area contributed by atoms with Crippen molar-refractivity contribution in [1.82, 2.24) is 20.4 Å². The van der Waals surface area contributed by atoms with Gasteiger partial charge in [0.25, 0.3) is 0 Å². The van der Waals surface area contributed by atoms with Crippen molar-refractivity contribution in [3.05, 3.63) is 24.4 Å². The fourth-order valence-corrected chi connectivity index (χ4v) is 1.57. The van der Waals surface area contributed by atoms with Crippen LogP contribution in [-0.4, -0.2) is 20.4 Å². The molecular weight excluding hydrogens is 232 g/mol. The number of hydrogen-bond donors (Lipinski definition) is 4. The Hall–Kier alpha value is -2.90. The van der Waals surface area contributed by atoms with Crippen LogP contribution in [0.1, 0.15) is 0 Å². The molecule has 18 heavy (non-hydrogen) atoms. The summed E-state index contributed by atoms with van der Waals surface area (Å²) >= 11 is 0. The summed E-state index contributed by atoms with van der Waals surface area (Å²) < 4.78 is 0. The van der Waals surface area contributed by atoms with E-state index in [9.17, 15) is 0 Å². The molecule has 2 heterocycles. The van der Waals surface area contributed by atoms with Crippen molar-refractivity contribution in [2.24, 2.45) is 10.2 Å². The summed E-state index contributed by atoms with van der Waals surface area (Å²) in [6, 6.07) is 5.55. The van der Waals surface area contributed by atoms with Crippen molar-refractivity contribution in [2.75, 3.05) is 11.5 Å². The molecule has 0 aliphatic heterocycles. The summed E-state index contributed by atoms with van der Waals surface area (Å²) in [6.07, 6.45) is 1.72. The second-order valence-corrected chi connectivity index (χ2v) is 3.71. The van der Waals surface area contributed by atoms with Crippen molar-refractivity contribution < 1.29 is 0 Å². The van der Waals surface area contributed by atoms with Crippen LogP contribution in [0.3, 0.4) is 0 Å². The summed E-state index contributed by atoms with van der Waals surface area (Å²) in [4.78, 5) is 0. The molecular formula is C10H10N8. The maximum Gasteiger partial charge on any atom is 0.175 e. The van der Waals surface area contributed by atoms with Gasteiger partial charge in [0.1, 0.15) is 5.82 Å². The van der Waals surface area contributed by atoms with Crippen molar-refractivity contribution in [1.29, 1.82) is 0 Å². The van der Waals surface area contributed by atoms with Gasteiger partial charge in [0, 0.05) is 5.39 Å². The molecule has 0 amide bonds. The van der Waals surface area contributed by atoms with E-state index in [0.717, 1.165) is 10.9 Å². The van der Waals surface area contributed by atoms with Crippen LogP contribution < -0.4 is 11.5 Å². The summed E-state index contributed by atoms with van der Waals surface area (Å²) in [5, 5.41) is 22.0. The maximum atomic E-state index is 5.61. The van der Waals surface area contributed by atoms with E-state index in [-0.39, 0.29) is 5.82 Å². The molecule has 0 atom stereocenters. The first kappa shape index (κ1) is 10.3. The summed E-state index contributed by atoms with van der Waals surface area (Å²) in [6.45, 7) is 0. The Balaban J connectivity index is 1.96. The average molecular weight is 242 g/mol. The molecule has 0 saturated carbocycles. The average Bonchev–Trinajstić information content (AvgIpc) is 2.94. The minimum absolute atomic E-state index is 0.223. The van der Waals surface area contributed by atoms with Crippen LogP contribution in [0.15, 0.2) is 34.6 Å². The molecule has 8 heteroatoms. The first-order chi connectivity index (χ1) is 8.74. The monoisotopic (exact) mass is 242 g/mol. The number of nitrogens with two attached hydrogens (primary N) is 2. The lowest BCUT2D eigenvalue weighted by atomic mass is 10.2. The van der Waals surface area contributed by atoms with E-state index in [4.69, 9.17) is 11.5 Å². The number of benzene rings is 1. The highest BCUT2D eigenvalue weighted by atomic mass is 15.2. The predicted octanol–water partition coefficient (Wildman–Crippen LogP) is 1.87. The van der Waals surface area contributed by atoms with Crippen molar-refractivity contribution in [3.63, 3.8) is 0 Å². The van der Waals surface area contributed by atoms with E-state index in [2.05, 4.69) is 30.6 Å². The summed E-state index contributed by atoms with van der Waals surface area (Å²) in [7, 11) is 0. The highest BCUT2D eigenvalue weighted by Gasteiger charge is 2.06. The molecule has 0 fully saturated rings. The Morgan fingerprint density at radius 3 is 2.78 bits per heavy atom. The summed E-state index contributed by atoms with van der Waals surface area (Å²) in [5.74, 6) is 0.515. The first-order valence-electron chi connectivity index (χ1n) is 5.18. The highest BCUT2D eigenvalue weighted by Crippen LogP contribution is 2.28. The molecule has 8 nitrogen and oxygen atoms in total. The Kier molecular flexibility index (Phi) is 2.19. The first-order valence-corrected chi connectivity index (χ1v) is 5.18. The van der Waals surface area contributed by atoms with E-state index >= 15 is 0 Å². The van der Waals surface area contributed by atoms with Gasteiger partial charge in [0.2, 0.25) is 0 Å². The van der Waals surface area contributed by atoms with Crippen LogP contribution in [-0.2, 0) is 0 Å². The zero-order valence-electron chi connectivity index (χ0n) is 9.25. The largest absolute Gasteiger partial charge is 0.382 e. The minimum atomic E-state index is 0.223. The molecule has 0 radical (unpaired) electrons. The van der Waals surface area contributed by atoms with Gasteiger partial charge in [-0.2, -0.15) is 15.3 Å². The fourth-order valence-electron chi connectivity index (χ4n) is 1.57. The molecule has 3 rings (SSSR count). The van der Waals surface area contributed by atoms with Crippen LogP contribution in [0.5, 0.6) is 0 Å². The fraction of sp³-hybridized carbons (Fsp3) is 0. The minimum Gasteiger partial charge on any atom is -0.382 e. The third kappa shape index (κ3) is 1.65. The molecule has 0 aliphatic carbocycles. The van der Waals surface area contributed by atoms with Crippen molar-refractivity contribution >= 4 is 33.9 Å². The molecule has 6 N–H and O–H groups in total. The van der Waals surface area contributed by atoms with Gasteiger partial charge in [-0.05, 0) is 18.2 Å². The van der Waals surface area contributed by atoms with Crippen molar-refractivity contribution in [3.8, 4) is 0 Å². The Morgan fingerprint density at radius 1 is 1.11 bits per heavy atom. The van der Waals surface area contributed by atoms with E-state index in [1.807, 2.05) is 18.2 Å². The molecule has 0 saturated heterocycles. The van der Waals surface area contributed by atoms with Gasteiger partial charge in [-0.25, -0.2) is 0 Å². The number of nitrogens with zero attached hydrogens (tertiary/aromatic N) is 4. The van der Waals surface area contributed by atoms with Gasteiger partial charge in [-0.1, -0.05) is 0 Å². The second kappa shape index (κ2) is 3.84. The number of anilines is 2. The van der Waals surface area contributed by atoms with Crippen LogP contribution in [0.4, 0.5) is 23.0 Å². The number of hydrogen-bond acceptors (Lipinski definition) is 6. The Bertz CT molecular complexity index is 703. The summed E-state index contributed by atoms with van der Waals surface area (Å²) in [5.41, 5.74) is 13.2. The lowest BCUT2D eigenvalue weighted by Crippen LogP contribution is -1.84. The maximum absolute atomic E-state index is 5.61. The topological polar surface area (TPSA) is 134 Å². The number of azo groups is 1. The quantitative estimate of drug-likeness (QED) is 0.510. The molecule has 90 valence electrons. The van der Waals surface area contributed by atoms with Crippen LogP contribution in [0, 0.1) is 0 Å². The second-order valence-electron chi connectivity index (χ2n) is 3.71.